The van der Waals surface area contributed by atoms with Gasteiger partial charge in [0.05, 0.1) is 17.1 Å². The van der Waals surface area contributed by atoms with Gasteiger partial charge in [0, 0.05) is 30.8 Å². The molecular formula is C25H34O7. The van der Waals surface area contributed by atoms with Crippen molar-refractivity contribution < 1.29 is 34.1 Å². The van der Waals surface area contributed by atoms with Crippen LogP contribution in [0.3, 0.4) is 0 Å². The average Bonchev–Trinajstić information content (AvgIpc) is 3.27. The minimum absolute atomic E-state index is 0.0468. The van der Waals surface area contributed by atoms with Crippen molar-refractivity contribution in [2.75, 3.05) is 6.61 Å². The van der Waals surface area contributed by atoms with E-state index in [9.17, 15) is 24.6 Å². The molecule has 0 aromatic rings. The van der Waals surface area contributed by atoms with Crippen molar-refractivity contribution in [3.8, 4) is 0 Å². The number of esters is 2. The number of rotatable bonds is 3. The normalized spacial score (nSPS) is 49.9. The monoisotopic (exact) mass is 446 g/mol. The number of carbonyl (C=O) groups is 3. The van der Waals surface area contributed by atoms with Crippen LogP contribution in [0.15, 0.2) is 11.6 Å². The Kier molecular flexibility index (Phi) is 4.92. The molecule has 7 heteroatoms. The fourth-order valence-electron chi connectivity index (χ4n) is 8.81. The van der Waals surface area contributed by atoms with E-state index in [-0.39, 0.29) is 41.5 Å². The van der Waals surface area contributed by atoms with Crippen LogP contribution in [-0.2, 0) is 23.9 Å². The van der Waals surface area contributed by atoms with Crippen LogP contribution >= 0.6 is 0 Å². The molecule has 4 aliphatic carbocycles. The van der Waals surface area contributed by atoms with Crippen LogP contribution < -0.4 is 0 Å². The molecule has 0 radical (unpaired) electrons. The van der Waals surface area contributed by atoms with Gasteiger partial charge in [-0.2, -0.15) is 0 Å². The van der Waals surface area contributed by atoms with Crippen molar-refractivity contribution in [2.45, 2.75) is 88.9 Å². The van der Waals surface area contributed by atoms with Crippen molar-refractivity contribution >= 4 is 18.2 Å². The molecule has 5 rings (SSSR count). The summed E-state index contributed by atoms with van der Waals surface area (Å²) in [6.45, 7) is 3.91. The maximum atomic E-state index is 12.7. The highest BCUT2D eigenvalue weighted by Gasteiger charge is 2.73. The number of aldehydes is 1. The van der Waals surface area contributed by atoms with Gasteiger partial charge in [0.15, 0.2) is 0 Å². The van der Waals surface area contributed by atoms with E-state index < -0.39 is 22.7 Å². The van der Waals surface area contributed by atoms with Crippen LogP contribution in [0.25, 0.3) is 0 Å². The molecule has 0 spiro atoms. The Labute approximate surface area is 188 Å². The molecule has 0 amide bonds. The second-order valence-corrected chi connectivity index (χ2v) is 11.2. The van der Waals surface area contributed by atoms with Crippen molar-refractivity contribution in [1.29, 1.82) is 0 Å². The second kappa shape index (κ2) is 7.13. The van der Waals surface area contributed by atoms with Crippen LogP contribution in [0.4, 0.5) is 0 Å². The van der Waals surface area contributed by atoms with Gasteiger partial charge < -0.3 is 24.5 Å². The summed E-state index contributed by atoms with van der Waals surface area (Å²) in [5.41, 5.74) is -2.28. The Morgan fingerprint density at radius 1 is 1.16 bits per heavy atom. The van der Waals surface area contributed by atoms with E-state index >= 15 is 0 Å². The van der Waals surface area contributed by atoms with E-state index in [1.165, 1.54) is 6.92 Å². The van der Waals surface area contributed by atoms with Crippen LogP contribution in [0.5, 0.6) is 0 Å². The summed E-state index contributed by atoms with van der Waals surface area (Å²) in [6.07, 6.45) is 7.17. The quantitative estimate of drug-likeness (QED) is 0.506. The van der Waals surface area contributed by atoms with Crippen molar-refractivity contribution in [3.05, 3.63) is 11.6 Å². The lowest BCUT2D eigenvalue weighted by atomic mass is 9.41. The zero-order chi connectivity index (χ0) is 22.9. The van der Waals surface area contributed by atoms with Gasteiger partial charge in [-0.1, -0.05) is 6.92 Å². The van der Waals surface area contributed by atoms with Crippen LogP contribution in [-0.4, -0.2) is 52.4 Å². The summed E-state index contributed by atoms with van der Waals surface area (Å²) >= 11 is 0. The number of cyclic esters (lactones) is 1. The fraction of sp³-hybridized carbons (Fsp3) is 0.800. The van der Waals surface area contributed by atoms with Crippen molar-refractivity contribution in [1.82, 2.24) is 0 Å². The van der Waals surface area contributed by atoms with Gasteiger partial charge in [0.2, 0.25) is 0 Å². The lowest BCUT2D eigenvalue weighted by Crippen LogP contribution is -2.69. The van der Waals surface area contributed by atoms with Gasteiger partial charge in [-0.15, -0.1) is 0 Å². The molecule has 32 heavy (non-hydrogen) atoms. The maximum absolute atomic E-state index is 12.7. The molecule has 4 saturated carbocycles. The van der Waals surface area contributed by atoms with Crippen LogP contribution in [0, 0.1) is 28.6 Å². The molecule has 176 valence electrons. The summed E-state index contributed by atoms with van der Waals surface area (Å²) in [7, 11) is 0. The largest absolute Gasteiger partial charge is 0.458 e. The minimum Gasteiger partial charge on any atom is -0.458 e. The lowest BCUT2D eigenvalue weighted by molar-refractivity contribution is -0.255. The Hall–Kier alpha value is -1.73. The third-order valence-corrected chi connectivity index (χ3v) is 10.1. The summed E-state index contributed by atoms with van der Waals surface area (Å²) in [4.78, 5) is 36.9. The standard InChI is InChI=1S/C25H34O7/c1-15(27)32-25-10-6-18(16-11-21(29)31-13-16)22(25,2)7-4-19-20(25)5-9-24(30)12-17(28)3-8-23(19,24)14-26/h11,14,17-20,28,30H,3-10,12-13H2,1-2H3/t17-,18+,19-,20+,22+,23-,24-,25-/m0/s1. The smallest absolute Gasteiger partial charge is 0.331 e. The molecule has 7 nitrogen and oxygen atoms in total. The molecule has 0 unspecified atom stereocenters. The maximum Gasteiger partial charge on any atom is 0.331 e. The van der Waals surface area contributed by atoms with E-state index in [0.717, 1.165) is 31.1 Å². The molecule has 1 aliphatic heterocycles. The molecule has 0 aromatic carbocycles. The first-order valence-corrected chi connectivity index (χ1v) is 12.0. The first-order chi connectivity index (χ1) is 15.1. The number of aliphatic hydroxyl groups excluding tert-OH is 1. The highest BCUT2D eigenvalue weighted by Crippen LogP contribution is 2.71. The zero-order valence-corrected chi connectivity index (χ0v) is 19.0. The van der Waals surface area contributed by atoms with Gasteiger partial charge in [-0.05, 0) is 68.8 Å². The first kappa shape index (κ1) is 22.1. The SMILES string of the molecule is CC(=O)O[C@]12CC[C@H](C3=CC(=O)OC3)[C@@]1(C)CC[C@H]1[C@H]2CC[C@]2(O)C[C@@H](O)CC[C@]12C=O. The molecule has 0 bridgehead atoms. The number of fused-ring (bicyclic) bond motifs is 5. The summed E-state index contributed by atoms with van der Waals surface area (Å²) in [5.74, 6) is -0.714. The Balaban J connectivity index is 1.58. The third-order valence-electron chi connectivity index (χ3n) is 10.1. The molecule has 1 heterocycles. The van der Waals surface area contributed by atoms with Crippen molar-refractivity contribution in [3.63, 3.8) is 0 Å². The van der Waals surface area contributed by atoms with Gasteiger partial charge >= 0.3 is 11.9 Å². The second-order valence-electron chi connectivity index (χ2n) is 11.2. The topological polar surface area (TPSA) is 110 Å². The predicted octanol–water partition coefficient (Wildman–Crippen LogP) is 2.47. The fourth-order valence-corrected chi connectivity index (χ4v) is 8.81. The Bertz CT molecular complexity index is 882. The van der Waals surface area contributed by atoms with Gasteiger partial charge in [-0.25, -0.2) is 4.79 Å². The van der Waals surface area contributed by atoms with Crippen LogP contribution in [0.1, 0.15) is 71.6 Å². The number of hydrogen-bond donors (Lipinski definition) is 2. The molecule has 5 aliphatic rings. The molecule has 0 saturated heterocycles. The van der Waals surface area contributed by atoms with E-state index in [1.54, 1.807) is 6.08 Å². The summed E-state index contributed by atoms with van der Waals surface area (Å²) in [6, 6.07) is 0. The molecular weight excluding hydrogens is 412 g/mol. The number of ether oxygens (including phenoxy) is 2. The molecule has 0 aromatic heterocycles. The summed E-state index contributed by atoms with van der Waals surface area (Å²) in [5, 5.41) is 21.9. The zero-order valence-electron chi connectivity index (χ0n) is 19.0. The Morgan fingerprint density at radius 3 is 2.56 bits per heavy atom. The molecule has 4 fully saturated rings. The number of aliphatic hydroxyl groups is 2. The van der Waals surface area contributed by atoms with E-state index in [1.807, 2.05) is 0 Å². The number of hydrogen-bond acceptors (Lipinski definition) is 7. The van der Waals surface area contributed by atoms with Gasteiger partial charge in [0.1, 0.15) is 18.5 Å². The van der Waals surface area contributed by atoms with E-state index in [4.69, 9.17) is 9.47 Å². The van der Waals surface area contributed by atoms with E-state index in [0.29, 0.717) is 38.7 Å². The van der Waals surface area contributed by atoms with E-state index in [2.05, 4.69) is 6.92 Å². The highest BCUT2D eigenvalue weighted by molar-refractivity contribution is 5.85. The molecule has 2 N–H and O–H groups in total. The van der Waals surface area contributed by atoms with Gasteiger partial charge in [-0.3, -0.25) is 4.79 Å². The average molecular weight is 447 g/mol. The highest BCUT2D eigenvalue weighted by atomic mass is 16.6. The predicted molar refractivity (Wildman–Crippen MR) is 113 cm³/mol. The summed E-state index contributed by atoms with van der Waals surface area (Å²) < 4.78 is 11.5. The minimum atomic E-state index is -1.22. The Morgan fingerprint density at radius 2 is 1.91 bits per heavy atom. The third kappa shape index (κ3) is 2.70. The number of carbonyl (C=O) groups excluding carboxylic acids is 3. The van der Waals surface area contributed by atoms with Crippen LogP contribution in [0.2, 0.25) is 0 Å². The van der Waals surface area contributed by atoms with Gasteiger partial charge in [0.25, 0.3) is 0 Å². The lowest BCUT2D eigenvalue weighted by Gasteiger charge is -2.65. The van der Waals surface area contributed by atoms with Crippen molar-refractivity contribution in [2.24, 2.45) is 28.6 Å². The molecule has 8 atom stereocenters. The first-order valence-electron chi connectivity index (χ1n) is 12.0.